The molecule has 4 nitrogen and oxygen atoms in total. The van der Waals surface area contributed by atoms with Crippen LogP contribution in [0, 0.1) is 0 Å². The zero-order valence-electron chi connectivity index (χ0n) is 9.93. The van der Waals surface area contributed by atoms with E-state index in [0.29, 0.717) is 13.2 Å². The van der Waals surface area contributed by atoms with Crippen LogP contribution in [-0.4, -0.2) is 37.2 Å². The molecule has 0 aromatic rings. The van der Waals surface area contributed by atoms with Crippen LogP contribution in [0.3, 0.4) is 0 Å². The van der Waals surface area contributed by atoms with Crippen LogP contribution in [0.4, 0.5) is 0 Å². The average Bonchev–Trinajstić information content (AvgIpc) is 2.67. The minimum atomic E-state index is -0.275. The van der Waals surface area contributed by atoms with Crippen molar-refractivity contribution in [3.8, 4) is 0 Å². The highest BCUT2D eigenvalue weighted by molar-refractivity contribution is 5.82. The maximum atomic E-state index is 11.7. The monoisotopic (exact) mass is 214 g/mol. The third-order valence-electron chi connectivity index (χ3n) is 2.60. The number of carbonyl (C=O) groups excluding carboxylic acids is 1. The first-order chi connectivity index (χ1) is 7.05. The molecular formula is C11H22N2O2. The van der Waals surface area contributed by atoms with E-state index in [2.05, 4.69) is 10.6 Å². The summed E-state index contributed by atoms with van der Waals surface area (Å²) >= 11 is 0. The molecule has 0 spiro atoms. The Hall–Kier alpha value is -0.610. The van der Waals surface area contributed by atoms with Crippen molar-refractivity contribution >= 4 is 5.91 Å². The molecule has 1 fully saturated rings. The fourth-order valence-corrected chi connectivity index (χ4v) is 1.77. The minimum absolute atomic E-state index is 0.00225. The Morgan fingerprint density at radius 2 is 2.33 bits per heavy atom. The Kier molecular flexibility index (Phi) is 4.54. The summed E-state index contributed by atoms with van der Waals surface area (Å²) in [4.78, 5) is 11.7. The number of rotatable bonds is 5. The summed E-state index contributed by atoms with van der Waals surface area (Å²) in [6.07, 6.45) is 2.04. The van der Waals surface area contributed by atoms with Gasteiger partial charge in [0.15, 0.2) is 0 Å². The second-order valence-corrected chi connectivity index (χ2v) is 4.56. The number of carbonyl (C=O) groups is 1. The number of nitrogens with one attached hydrogen (secondary N) is 2. The Morgan fingerprint density at radius 1 is 1.60 bits per heavy atom. The molecule has 1 heterocycles. The van der Waals surface area contributed by atoms with E-state index in [9.17, 15) is 4.79 Å². The van der Waals surface area contributed by atoms with Gasteiger partial charge in [-0.2, -0.15) is 0 Å². The summed E-state index contributed by atoms with van der Waals surface area (Å²) < 4.78 is 5.51. The Balaban J connectivity index is 2.26. The molecule has 1 atom stereocenters. The van der Waals surface area contributed by atoms with Crippen molar-refractivity contribution in [2.75, 3.05) is 19.7 Å². The van der Waals surface area contributed by atoms with Gasteiger partial charge < -0.3 is 15.4 Å². The van der Waals surface area contributed by atoms with Gasteiger partial charge in [0.25, 0.3) is 0 Å². The standard InChI is InChI=1S/C11H22N2O2/c1-4-15-11(2,3)8-13-10(14)9-6-5-7-12-9/h9,12H,4-8H2,1-3H3,(H,13,14)/t9-/m1/s1. The molecule has 0 radical (unpaired) electrons. The lowest BCUT2D eigenvalue weighted by molar-refractivity contribution is -0.124. The van der Waals surface area contributed by atoms with E-state index in [1.165, 1.54) is 0 Å². The fraction of sp³-hybridized carbons (Fsp3) is 0.909. The molecule has 0 aromatic carbocycles. The van der Waals surface area contributed by atoms with Crippen molar-refractivity contribution in [1.29, 1.82) is 0 Å². The minimum Gasteiger partial charge on any atom is -0.374 e. The normalized spacial score (nSPS) is 21.7. The molecular weight excluding hydrogens is 192 g/mol. The van der Waals surface area contributed by atoms with Crippen LogP contribution in [0.1, 0.15) is 33.6 Å². The highest BCUT2D eigenvalue weighted by Crippen LogP contribution is 2.08. The molecule has 0 saturated carbocycles. The zero-order valence-corrected chi connectivity index (χ0v) is 9.93. The van der Waals surface area contributed by atoms with Gasteiger partial charge in [-0.3, -0.25) is 4.79 Å². The second-order valence-electron chi connectivity index (χ2n) is 4.56. The molecule has 0 aromatic heterocycles. The number of hydrogen-bond acceptors (Lipinski definition) is 3. The predicted octanol–water partition coefficient (Wildman–Crippen LogP) is 0.670. The van der Waals surface area contributed by atoms with E-state index in [4.69, 9.17) is 4.74 Å². The van der Waals surface area contributed by atoms with Crippen molar-refractivity contribution < 1.29 is 9.53 Å². The molecule has 88 valence electrons. The Bertz CT molecular complexity index is 211. The van der Waals surface area contributed by atoms with Crippen molar-refractivity contribution in [3.63, 3.8) is 0 Å². The topological polar surface area (TPSA) is 50.4 Å². The molecule has 4 heteroatoms. The molecule has 2 N–H and O–H groups in total. The molecule has 1 amide bonds. The van der Waals surface area contributed by atoms with E-state index >= 15 is 0 Å². The summed E-state index contributed by atoms with van der Waals surface area (Å²) in [7, 11) is 0. The first-order valence-electron chi connectivity index (χ1n) is 5.70. The molecule has 1 aliphatic rings. The van der Waals surface area contributed by atoms with Gasteiger partial charge in [0, 0.05) is 13.2 Å². The number of ether oxygens (including phenoxy) is 1. The molecule has 1 aliphatic heterocycles. The summed E-state index contributed by atoms with van der Waals surface area (Å²) in [5, 5.41) is 6.09. The summed E-state index contributed by atoms with van der Waals surface area (Å²) in [6.45, 7) is 8.12. The van der Waals surface area contributed by atoms with Gasteiger partial charge in [-0.15, -0.1) is 0 Å². The van der Waals surface area contributed by atoms with Gasteiger partial charge >= 0.3 is 0 Å². The third kappa shape index (κ3) is 4.18. The Morgan fingerprint density at radius 3 is 2.87 bits per heavy atom. The quantitative estimate of drug-likeness (QED) is 0.707. The van der Waals surface area contributed by atoms with Gasteiger partial charge in [0.2, 0.25) is 5.91 Å². The maximum Gasteiger partial charge on any atom is 0.237 e. The van der Waals surface area contributed by atoms with Gasteiger partial charge in [-0.05, 0) is 40.2 Å². The SMILES string of the molecule is CCOC(C)(C)CNC(=O)[C@H]1CCCN1. The molecule has 1 saturated heterocycles. The average molecular weight is 214 g/mol. The number of amides is 1. The summed E-state index contributed by atoms with van der Waals surface area (Å²) in [6, 6.07) is 0.00225. The first kappa shape index (κ1) is 12.5. The lowest BCUT2D eigenvalue weighted by Crippen LogP contribution is -2.46. The smallest absolute Gasteiger partial charge is 0.237 e. The van der Waals surface area contributed by atoms with Crippen LogP contribution >= 0.6 is 0 Å². The zero-order chi connectivity index (χ0) is 11.3. The molecule has 0 unspecified atom stereocenters. The van der Waals surface area contributed by atoms with Crippen LogP contribution in [0.25, 0.3) is 0 Å². The van der Waals surface area contributed by atoms with Gasteiger partial charge in [-0.25, -0.2) is 0 Å². The Labute approximate surface area is 91.8 Å². The highest BCUT2D eigenvalue weighted by atomic mass is 16.5. The van der Waals surface area contributed by atoms with E-state index in [-0.39, 0.29) is 17.6 Å². The summed E-state index contributed by atoms with van der Waals surface area (Å²) in [5.41, 5.74) is -0.275. The fourth-order valence-electron chi connectivity index (χ4n) is 1.77. The van der Waals surface area contributed by atoms with Crippen LogP contribution in [0.2, 0.25) is 0 Å². The maximum absolute atomic E-state index is 11.7. The highest BCUT2D eigenvalue weighted by Gasteiger charge is 2.24. The van der Waals surface area contributed by atoms with E-state index in [1.54, 1.807) is 0 Å². The van der Waals surface area contributed by atoms with E-state index in [0.717, 1.165) is 19.4 Å². The largest absolute Gasteiger partial charge is 0.374 e. The van der Waals surface area contributed by atoms with Crippen molar-refractivity contribution in [1.82, 2.24) is 10.6 Å². The molecule has 0 bridgehead atoms. The lowest BCUT2D eigenvalue weighted by atomic mass is 10.1. The molecule has 0 aliphatic carbocycles. The van der Waals surface area contributed by atoms with E-state index in [1.807, 2.05) is 20.8 Å². The van der Waals surface area contributed by atoms with Gasteiger partial charge in [0.05, 0.1) is 11.6 Å². The lowest BCUT2D eigenvalue weighted by Gasteiger charge is -2.25. The predicted molar refractivity (Wildman–Crippen MR) is 59.7 cm³/mol. The van der Waals surface area contributed by atoms with Crippen LogP contribution < -0.4 is 10.6 Å². The van der Waals surface area contributed by atoms with Crippen molar-refractivity contribution in [3.05, 3.63) is 0 Å². The third-order valence-corrected chi connectivity index (χ3v) is 2.60. The molecule has 15 heavy (non-hydrogen) atoms. The second kappa shape index (κ2) is 5.47. The number of hydrogen-bond donors (Lipinski definition) is 2. The van der Waals surface area contributed by atoms with Crippen LogP contribution in [-0.2, 0) is 9.53 Å². The van der Waals surface area contributed by atoms with Crippen molar-refractivity contribution in [2.24, 2.45) is 0 Å². The van der Waals surface area contributed by atoms with Crippen molar-refractivity contribution in [2.45, 2.75) is 45.3 Å². The van der Waals surface area contributed by atoms with Crippen LogP contribution in [0.5, 0.6) is 0 Å². The summed E-state index contributed by atoms with van der Waals surface area (Å²) in [5.74, 6) is 0.0975. The van der Waals surface area contributed by atoms with E-state index < -0.39 is 0 Å². The van der Waals surface area contributed by atoms with Gasteiger partial charge in [0.1, 0.15) is 0 Å². The van der Waals surface area contributed by atoms with Gasteiger partial charge in [-0.1, -0.05) is 0 Å². The van der Waals surface area contributed by atoms with Crippen LogP contribution in [0.15, 0.2) is 0 Å². The first-order valence-corrected chi connectivity index (χ1v) is 5.70. The molecule has 1 rings (SSSR count).